The molecule has 126 valence electrons. The van der Waals surface area contributed by atoms with Gasteiger partial charge in [-0.2, -0.15) is 0 Å². The van der Waals surface area contributed by atoms with Gasteiger partial charge in [-0.25, -0.2) is 0 Å². The molecule has 0 aromatic heterocycles. The number of rotatable bonds is 6. The van der Waals surface area contributed by atoms with E-state index in [1.54, 1.807) is 6.92 Å². The molecule has 1 aromatic carbocycles. The lowest BCUT2D eigenvalue weighted by molar-refractivity contribution is -0.385. The molecule has 1 fully saturated rings. The summed E-state index contributed by atoms with van der Waals surface area (Å²) in [6, 6.07) is 2.38. The van der Waals surface area contributed by atoms with Gasteiger partial charge in [0.25, 0.3) is 11.6 Å². The summed E-state index contributed by atoms with van der Waals surface area (Å²) in [4.78, 5) is 23.1. The standard InChI is InChI=1S/C15H20N2O6/c1-4-22-14-8-12(17(19)20)10(7-13(14)21-3)15(18)16-11-5-6-23-9(11)2/h7-9,11H,4-6H2,1-3H3,(H,16,18)/t9-,11-/m1/s1. The lowest BCUT2D eigenvalue weighted by atomic mass is 10.1. The van der Waals surface area contributed by atoms with Crippen molar-refractivity contribution in [3.8, 4) is 11.5 Å². The third-order valence-corrected chi connectivity index (χ3v) is 3.72. The van der Waals surface area contributed by atoms with Gasteiger partial charge in [-0.15, -0.1) is 0 Å². The van der Waals surface area contributed by atoms with E-state index in [-0.39, 0.29) is 34.9 Å². The Labute approximate surface area is 133 Å². The predicted octanol–water partition coefficient (Wildman–Crippen LogP) is 1.91. The van der Waals surface area contributed by atoms with Crippen LogP contribution in [0, 0.1) is 10.1 Å². The molecule has 1 aliphatic heterocycles. The number of benzene rings is 1. The van der Waals surface area contributed by atoms with Gasteiger partial charge in [0.15, 0.2) is 11.5 Å². The monoisotopic (exact) mass is 324 g/mol. The van der Waals surface area contributed by atoms with Gasteiger partial charge >= 0.3 is 0 Å². The van der Waals surface area contributed by atoms with Crippen LogP contribution in [-0.2, 0) is 4.74 Å². The zero-order chi connectivity index (χ0) is 17.0. The topological polar surface area (TPSA) is 99.9 Å². The Bertz CT molecular complexity index is 604. The highest BCUT2D eigenvalue weighted by molar-refractivity contribution is 5.99. The number of nitrogens with one attached hydrogen (secondary N) is 1. The average molecular weight is 324 g/mol. The summed E-state index contributed by atoms with van der Waals surface area (Å²) in [5.41, 5.74) is -0.382. The number of amides is 1. The molecule has 0 bridgehead atoms. The van der Waals surface area contributed by atoms with Crippen molar-refractivity contribution in [1.82, 2.24) is 5.32 Å². The molecule has 8 heteroatoms. The first-order chi connectivity index (χ1) is 11.0. The third kappa shape index (κ3) is 3.70. The summed E-state index contributed by atoms with van der Waals surface area (Å²) in [7, 11) is 1.41. The van der Waals surface area contributed by atoms with E-state index in [0.29, 0.717) is 19.6 Å². The maximum Gasteiger partial charge on any atom is 0.286 e. The van der Waals surface area contributed by atoms with Crippen molar-refractivity contribution in [1.29, 1.82) is 0 Å². The normalized spacial score (nSPS) is 20.1. The maximum absolute atomic E-state index is 12.4. The van der Waals surface area contributed by atoms with Crippen LogP contribution in [0.25, 0.3) is 0 Å². The van der Waals surface area contributed by atoms with Crippen molar-refractivity contribution < 1.29 is 23.9 Å². The Morgan fingerprint density at radius 3 is 2.74 bits per heavy atom. The molecule has 1 saturated heterocycles. The molecular weight excluding hydrogens is 304 g/mol. The molecule has 0 saturated carbocycles. The van der Waals surface area contributed by atoms with Crippen LogP contribution in [0.3, 0.4) is 0 Å². The largest absolute Gasteiger partial charge is 0.493 e. The number of carbonyl (C=O) groups is 1. The number of methoxy groups -OCH3 is 1. The van der Waals surface area contributed by atoms with Crippen molar-refractivity contribution in [2.75, 3.05) is 20.3 Å². The molecule has 0 radical (unpaired) electrons. The van der Waals surface area contributed by atoms with Gasteiger partial charge < -0.3 is 19.5 Å². The van der Waals surface area contributed by atoms with E-state index >= 15 is 0 Å². The van der Waals surface area contributed by atoms with Gasteiger partial charge in [0.1, 0.15) is 5.56 Å². The van der Waals surface area contributed by atoms with Crippen LogP contribution in [0.1, 0.15) is 30.6 Å². The Kier molecular flexibility index (Phi) is 5.38. The Hall–Kier alpha value is -2.35. The molecule has 0 spiro atoms. The lowest BCUT2D eigenvalue weighted by Gasteiger charge is -2.17. The quantitative estimate of drug-likeness (QED) is 0.634. The van der Waals surface area contributed by atoms with Crippen molar-refractivity contribution in [3.63, 3.8) is 0 Å². The zero-order valence-electron chi connectivity index (χ0n) is 13.3. The van der Waals surface area contributed by atoms with Crippen LogP contribution in [-0.4, -0.2) is 43.3 Å². The van der Waals surface area contributed by atoms with Crippen LogP contribution < -0.4 is 14.8 Å². The number of carbonyl (C=O) groups excluding carboxylic acids is 1. The van der Waals surface area contributed by atoms with Crippen LogP contribution in [0.15, 0.2) is 12.1 Å². The molecule has 1 amide bonds. The smallest absolute Gasteiger partial charge is 0.286 e. The second-order valence-corrected chi connectivity index (χ2v) is 5.15. The Morgan fingerprint density at radius 1 is 1.48 bits per heavy atom. The third-order valence-electron chi connectivity index (χ3n) is 3.72. The minimum Gasteiger partial charge on any atom is -0.493 e. The first kappa shape index (κ1) is 17.0. The van der Waals surface area contributed by atoms with Gasteiger partial charge in [-0.3, -0.25) is 14.9 Å². The van der Waals surface area contributed by atoms with Crippen molar-refractivity contribution >= 4 is 11.6 Å². The summed E-state index contributed by atoms with van der Waals surface area (Å²) in [6.45, 7) is 4.50. The summed E-state index contributed by atoms with van der Waals surface area (Å²) in [5, 5.41) is 14.1. The average Bonchev–Trinajstić information content (AvgIpc) is 2.92. The van der Waals surface area contributed by atoms with Crippen LogP contribution in [0.4, 0.5) is 5.69 Å². The number of ether oxygens (including phenoxy) is 3. The molecule has 1 aliphatic rings. The molecule has 23 heavy (non-hydrogen) atoms. The second-order valence-electron chi connectivity index (χ2n) is 5.15. The number of hydrogen-bond donors (Lipinski definition) is 1. The van der Waals surface area contributed by atoms with E-state index < -0.39 is 10.8 Å². The number of nitro benzene ring substituents is 1. The summed E-state index contributed by atoms with van der Waals surface area (Å²) in [6.07, 6.45) is 0.553. The van der Waals surface area contributed by atoms with Crippen molar-refractivity contribution in [2.45, 2.75) is 32.4 Å². The maximum atomic E-state index is 12.4. The summed E-state index contributed by atoms with van der Waals surface area (Å²) >= 11 is 0. The van der Waals surface area contributed by atoms with Gasteiger partial charge in [0, 0.05) is 12.7 Å². The molecule has 1 N–H and O–H groups in total. The minimum atomic E-state index is -0.606. The Balaban J connectivity index is 2.35. The van der Waals surface area contributed by atoms with Gasteiger partial charge in [-0.05, 0) is 20.3 Å². The van der Waals surface area contributed by atoms with E-state index in [1.165, 1.54) is 19.2 Å². The van der Waals surface area contributed by atoms with Crippen LogP contribution in [0.5, 0.6) is 11.5 Å². The first-order valence-electron chi connectivity index (χ1n) is 7.39. The minimum absolute atomic E-state index is 0.0607. The fourth-order valence-electron chi connectivity index (χ4n) is 2.48. The van der Waals surface area contributed by atoms with Crippen molar-refractivity contribution in [3.05, 3.63) is 27.8 Å². The SMILES string of the molecule is CCOc1cc([N+](=O)[O-])c(C(=O)N[C@@H]2CCO[C@@H]2C)cc1OC. The molecule has 2 atom stereocenters. The molecule has 8 nitrogen and oxygen atoms in total. The van der Waals surface area contributed by atoms with Crippen LogP contribution >= 0.6 is 0 Å². The molecular formula is C15H20N2O6. The van der Waals surface area contributed by atoms with E-state index in [1.807, 2.05) is 6.92 Å². The van der Waals surface area contributed by atoms with Gasteiger partial charge in [-0.1, -0.05) is 0 Å². The van der Waals surface area contributed by atoms with Crippen LogP contribution in [0.2, 0.25) is 0 Å². The fraction of sp³-hybridized carbons (Fsp3) is 0.533. The molecule has 1 aromatic rings. The zero-order valence-corrected chi connectivity index (χ0v) is 13.3. The summed E-state index contributed by atoms with van der Waals surface area (Å²) in [5.74, 6) is -0.0189. The van der Waals surface area contributed by atoms with Crippen molar-refractivity contribution in [2.24, 2.45) is 0 Å². The van der Waals surface area contributed by atoms with E-state index in [9.17, 15) is 14.9 Å². The second kappa shape index (κ2) is 7.28. The molecule has 2 rings (SSSR count). The molecule has 1 heterocycles. The van der Waals surface area contributed by atoms with E-state index in [4.69, 9.17) is 14.2 Å². The van der Waals surface area contributed by atoms with Gasteiger partial charge in [0.2, 0.25) is 0 Å². The van der Waals surface area contributed by atoms with Gasteiger partial charge in [0.05, 0.1) is 36.9 Å². The highest BCUT2D eigenvalue weighted by Gasteiger charge is 2.30. The molecule has 0 unspecified atom stereocenters. The fourth-order valence-corrected chi connectivity index (χ4v) is 2.48. The molecule has 0 aliphatic carbocycles. The number of hydrogen-bond acceptors (Lipinski definition) is 6. The Morgan fingerprint density at radius 2 is 2.22 bits per heavy atom. The van der Waals surface area contributed by atoms with E-state index in [2.05, 4.69) is 5.32 Å². The summed E-state index contributed by atoms with van der Waals surface area (Å²) < 4.78 is 15.9. The highest BCUT2D eigenvalue weighted by Crippen LogP contribution is 2.35. The highest BCUT2D eigenvalue weighted by atomic mass is 16.6. The number of nitro groups is 1. The predicted molar refractivity (Wildman–Crippen MR) is 82.1 cm³/mol. The number of nitrogens with zero attached hydrogens (tertiary/aromatic N) is 1. The lowest BCUT2D eigenvalue weighted by Crippen LogP contribution is -2.39. The first-order valence-corrected chi connectivity index (χ1v) is 7.39. The van der Waals surface area contributed by atoms with E-state index in [0.717, 1.165) is 0 Å².